The van der Waals surface area contributed by atoms with Crippen molar-refractivity contribution in [1.29, 1.82) is 0 Å². The van der Waals surface area contributed by atoms with E-state index in [0.29, 0.717) is 6.42 Å². The zero-order chi connectivity index (χ0) is 16.4. The number of carbonyl (C=O) groups excluding carboxylic acids is 1. The van der Waals surface area contributed by atoms with Crippen LogP contribution < -0.4 is 4.90 Å². The second-order valence-corrected chi connectivity index (χ2v) is 6.93. The third-order valence-electron chi connectivity index (χ3n) is 4.28. The SMILES string of the molecule is O=C1CCCN1c1cccc(-c2csc(Cc3ccccc3)n2)c1. The van der Waals surface area contributed by atoms with E-state index in [4.69, 9.17) is 4.98 Å². The summed E-state index contributed by atoms with van der Waals surface area (Å²) in [5, 5.41) is 3.21. The summed E-state index contributed by atoms with van der Waals surface area (Å²) in [7, 11) is 0. The van der Waals surface area contributed by atoms with Gasteiger partial charge in [0, 0.05) is 36.0 Å². The zero-order valence-corrected chi connectivity index (χ0v) is 14.1. The fourth-order valence-electron chi connectivity index (χ4n) is 3.05. The smallest absolute Gasteiger partial charge is 0.227 e. The van der Waals surface area contributed by atoms with E-state index in [0.717, 1.165) is 41.3 Å². The van der Waals surface area contributed by atoms with Crippen molar-refractivity contribution in [2.45, 2.75) is 19.3 Å². The van der Waals surface area contributed by atoms with Gasteiger partial charge in [0.15, 0.2) is 0 Å². The summed E-state index contributed by atoms with van der Waals surface area (Å²) < 4.78 is 0. The van der Waals surface area contributed by atoms with E-state index in [1.807, 2.05) is 23.1 Å². The molecular weight excluding hydrogens is 316 g/mol. The number of hydrogen-bond donors (Lipinski definition) is 0. The molecule has 1 aliphatic heterocycles. The normalized spacial score (nSPS) is 14.3. The maximum absolute atomic E-state index is 11.9. The Labute approximate surface area is 145 Å². The lowest BCUT2D eigenvalue weighted by atomic mass is 10.1. The lowest BCUT2D eigenvalue weighted by Crippen LogP contribution is -2.23. The maximum atomic E-state index is 11.9. The molecule has 0 atom stereocenters. The predicted molar refractivity (Wildman–Crippen MR) is 98.4 cm³/mol. The van der Waals surface area contributed by atoms with Crippen molar-refractivity contribution in [3.05, 3.63) is 70.5 Å². The molecule has 0 unspecified atom stereocenters. The first-order valence-corrected chi connectivity index (χ1v) is 9.07. The monoisotopic (exact) mass is 334 g/mol. The Morgan fingerprint density at radius 1 is 1.08 bits per heavy atom. The van der Waals surface area contributed by atoms with Crippen molar-refractivity contribution in [3.63, 3.8) is 0 Å². The Kier molecular flexibility index (Phi) is 4.13. The van der Waals surface area contributed by atoms with E-state index >= 15 is 0 Å². The molecule has 1 fully saturated rings. The van der Waals surface area contributed by atoms with E-state index in [2.05, 4.69) is 41.8 Å². The van der Waals surface area contributed by atoms with E-state index in [9.17, 15) is 4.79 Å². The quantitative estimate of drug-likeness (QED) is 0.702. The van der Waals surface area contributed by atoms with Gasteiger partial charge in [-0.1, -0.05) is 42.5 Å². The van der Waals surface area contributed by atoms with Gasteiger partial charge in [-0.3, -0.25) is 4.79 Å². The van der Waals surface area contributed by atoms with Crippen molar-refractivity contribution >= 4 is 22.9 Å². The van der Waals surface area contributed by atoms with Crippen molar-refractivity contribution < 1.29 is 4.79 Å². The Morgan fingerprint density at radius 2 is 1.96 bits per heavy atom. The Hall–Kier alpha value is -2.46. The van der Waals surface area contributed by atoms with Crippen LogP contribution in [0.4, 0.5) is 5.69 Å². The molecule has 1 saturated heterocycles. The minimum Gasteiger partial charge on any atom is -0.312 e. The molecular formula is C20H18N2OS. The Balaban J connectivity index is 1.57. The molecule has 1 aromatic heterocycles. The number of aromatic nitrogens is 1. The molecule has 2 aromatic carbocycles. The summed E-state index contributed by atoms with van der Waals surface area (Å²) in [5.74, 6) is 0.218. The molecule has 0 spiro atoms. The fraction of sp³-hybridized carbons (Fsp3) is 0.200. The first kappa shape index (κ1) is 15.1. The molecule has 120 valence electrons. The van der Waals surface area contributed by atoms with Gasteiger partial charge in [-0.05, 0) is 24.1 Å². The third-order valence-corrected chi connectivity index (χ3v) is 5.13. The molecule has 0 bridgehead atoms. The van der Waals surface area contributed by atoms with Crippen molar-refractivity contribution in [2.24, 2.45) is 0 Å². The minimum atomic E-state index is 0.218. The highest BCUT2D eigenvalue weighted by Crippen LogP contribution is 2.28. The van der Waals surface area contributed by atoms with Crippen LogP contribution in [0.5, 0.6) is 0 Å². The van der Waals surface area contributed by atoms with Gasteiger partial charge in [-0.15, -0.1) is 11.3 Å². The van der Waals surface area contributed by atoms with Crippen LogP contribution in [0.1, 0.15) is 23.4 Å². The fourth-order valence-corrected chi connectivity index (χ4v) is 3.89. The molecule has 0 saturated carbocycles. The molecule has 0 aliphatic carbocycles. The van der Waals surface area contributed by atoms with E-state index in [1.54, 1.807) is 11.3 Å². The Morgan fingerprint density at radius 3 is 2.75 bits per heavy atom. The molecule has 4 heteroatoms. The average Bonchev–Trinajstić information content (AvgIpc) is 3.25. The molecule has 1 amide bonds. The van der Waals surface area contributed by atoms with Crippen LogP contribution >= 0.6 is 11.3 Å². The highest BCUT2D eigenvalue weighted by atomic mass is 32.1. The van der Waals surface area contributed by atoms with E-state index in [1.165, 1.54) is 5.56 Å². The number of rotatable bonds is 4. The van der Waals surface area contributed by atoms with Crippen LogP contribution in [0.3, 0.4) is 0 Å². The largest absolute Gasteiger partial charge is 0.312 e. The molecule has 3 aromatic rings. The van der Waals surface area contributed by atoms with Crippen molar-refractivity contribution in [1.82, 2.24) is 4.98 Å². The van der Waals surface area contributed by atoms with Gasteiger partial charge in [-0.25, -0.2) is 4.98 Å². The summed E-state index contributed by atoms with van der Waals surface area (Å²) >= 11 is 1.69. The number of benzene rings is 2. The second kappa shape index (κ2) is 6.57. The number of amides is 1. The predicted octanol–water partition coefficient (Wildman–Crippen LogP) is 4.53. The van der Waals surface area contributed by atoms with Gasteiger partial charge >= 0.3 is 0 Å². The standard InChI is InChI=1S/C20H18N2OS/c23-20-10-5-11-22(20)17-9-4-8-16(13-17)18-14-24-19(21-18)12-15-6-2-1-3-7-15/h1-4,6-9,13-14H,5,10-12H2. The number of carbonyl (C=O) groups is 1. The van der Waals surface area contributed by atoms with Crippen LogP contribution in [0, 0.1) is 0 Å². The van der Waals surface area contributed by atoms with E-state index < -0.39 is 0 Å². The maximum Gasteiger partial charge on any atom is 0.227 e. The number of nitrogens with zero attached hydrogens (tertiary/aromatic N) is 2. The lowest BCUT2D eigenvalue weighted by molar-refractivity contribution is -0.117. The molecule has 3 nitrogen and oxygen atoms in total. The van der Waals surface area contributed by atoms with Crippen LogP contribution in [0.15, 0.2) is 60.0 Å². The summed E-state index contributed by atoms with van der Waals surface area (Å²) in [6, 6.07) is 18.5. The van der Waals surface area contributed by atoms with Gasteiger partial charge in [0.05, 0.1) is 10.7 Å². The van der Waals surface area contributed by atoms with Crippen molar-refractivity contribution in [2.75, 3.05) is 11.4 Å². The van der Waals surface area contributed by atoms with Gasteiger partial charge in [0.2, 0.25) is 5.91 Å². The molecule has 2 heterocycles. The summed E-state index contributed by atoms with van der Waals surface area (Å²) in [6.45, 7) is 0.818. The molecule has 1 aliphatic rings. The average molecular weight is 334 g/mol. The Bertz CT molecular complexity index is 857. The topological polar surface area (TPSA) is 33.2 Å². The molecule has 4 rings (SSSR count). The number of thiazole rings is 1. The van der Waals surface area contributed by atoms with Crippen LogP contribution in [0.2, 0.25) is 0 Å². The number of hydrogen-bond acceptors (Lipinski definition) is 3. The first-order chi connectivity index (χ1) is 11.8. The zero-order valence-electron chi connectivity index (χ0n) is 13.3. The summed E-state index contributed by atoms with van der Waals surface area (Å²) in [6.07, 6.45) is 2.46. The van der Waals surface area contributed by atoms with Crippen LogP contribution in [0.25, 0.3) is 11.3 Å². The molecule has 24 heavy (non-hydrogen) atoms. The highest BCUT2D eigenvalue weighted by Gasteiger charge is 2.21. The van der Waals surface area contributed by atoms with Gasteiger partial charge in [0.1, 0.15) is 0 Å². The van der Waals surface area contributed by atoms with Gasteiger partial charge < -0.3 is 4.90 Å². The van der Waals surface area contributed by atoms with Gasteiger partial charge in [-0.2, -0.15) is 0 Å². The van der Waals surface area contributed by atoms with E-state index in [-0.39, 0.29) is 5.91 Å². The van der Waals surface area contributed by atoms with Gasteiger partial charge in [0.25, 0.3) is 0 Å². The molecule has 0 N–H and O–H groups in total. The lowest BCUT2D eigenvalue weighted by Gasteiger charge is -2.16. The first-order valence-electron chi connectivity index (χ1n) is 8.19. The summed E-state index contributed by atoms with van der Waals surface area (Å²) in [4.78, 5) is 18.6. The molecule has 0 radical (unpaired) electrons. The second-order valence-electron chi connectivity index (χ2n) is 5.99. The van der Waals surface area contributed by atoms with Crippen molar-refractivity contribution in [3.8, 4) is 11.3 Å². The van der Waals surface area contributed by atoms with Crippen LogP contribution in [-0.2, 0) is 11.2 Å². The third kappa shape index (κ3) is 3.10. The summed E-state index contributed by atoms with van der Waals surface area (Å²) in [5.41, 5.74) is 4.31. The number of anilines is 1. The van der Waals surface area contributed by atoms with Crippen LogP contribution in [-0.4, -0.2) is 17.4 Å². The minimum absolute atomic E-state index is 0.218. The highest BCUT2D eigenvalue weighted by molar-refractivity contribution is 7.10.